The van der Waals surface area contributed by atoms with Gasteiger partial charge < -0.3 is 9.84 Å². The fourth-order valence-corrected chi connectivity index (χ4v) is 1.81. The fourth-order valence-electron chi connectivity index (χ4n) is 1.81. The normalized spacial score (nSPS) is 18.9. The summed E-state index contributed by atoms with van der Waals surface area (Å²) < 4.78 is 17.2. The zero-order valence-corrected chi connectivity index (χ0v) is 8.81. The minimum atomic E-state index is -1.23. The number of nitrogens with zero attached hydrogens (tertiary/aromatic N) is 1. The predicted molar refractivity (Wildman–Crippen MR) is 53.1 cm³/mol. The van der Waals surface area contributed by atoms with Crippen LogP contribution >= 0.6 is 0 Å². The molecule has 1 aromatic rings. The Balaban J connectivity index is 2.26. The molecule has 0 saturated heterocycles. The zero-order valence-electron chi connectivity index (χ0n) is 8.81. The molecule has 1 aliphatic carbocycles. The molecule has 0 aliphatic heterocycles. The van der Waals surface area contributed by atoms with Gasteiger partial charge in [-0.05, 0) is 25.0 Å². The van der Waals surface area contributed by atoms with E-state index in [1.54, 1.807) is 0 Å². The minimum Gasteiger partial charge on any atom is -0.467 e. The monoisotopic (exact) mass is 225 g/mol. The molecular formula is C11H12FNO3. The summed E-state index contributed by atoms with van der Waals surface area (Å²) in [6, 6.07) is 2.76. The first-order valence-corrected chi connectivity index (χ1v) is 4.98. The minimum absolute atomic E-state index is 0.438. The third-order valence-electron chi connectivity index (χ3n) is 2.97. The number of halogens is 1. The van der Waals surface area contributed by atoms with Crippen LogP contribution in [-0.4, -0.2) is 29.3 Å². The van der Waals surface area contributed by atoms with Crippen molar-refractivity contribution < 1.29 is 19.0 Å². The molecule has 1 aliphatic rings. The summed E-state index contributed by atoms with van der Waals surface area (Å²) in [5.74, 6) is -1.12. The highest BCUT2D eigenvalue weighted by molar-refractivity contribution is 5.77. The molecule has 1 fully saturated rings. The highest BCUT2D eigenvalue weighted by Gasteiger charge is 2.55. The van der Waals surface area contributed by atoms with Gasteiger partial charge in [-0.1, -0.05) is 0 Å². The smallest absolute Gasteiger partial charge is 0.335 e. The summed E-state index contributed by atoms with van der Waals surface area (Å²) in [4.78, 5) is 15.2. The van der Waals surface area contributed by atoms with Crippen molar-refractivity contribution in [2.24, 2.45) is 0 Å². The Kier molecular flexibility index (Phi) is 2.63. The second-order valence-electron chi connectivity index (χ2n) is 3.94. The number of aliphatic hydroxyl groups is 1. The van der Waals surface area contributed by atoms with Gasteiger partial charge in [0.25, 0.3) is 0 Å². The van der Waals surface area contributed by atoms with E-state index in [-0.39, 0.29) is 0 Å². The third kappa shape index (κ3) is 1.67. The Morgan fingerprint density at radius 3 is 2.75 bits per heavy atom. The van der Waals surface area contributed by atoms with E-state index in [0.29, 0.717) is 18.5 Å². The van der Waals surface area contributed by atoms with E-state index < -0.39 is 23.3 Å². The van der Waals surface area contributed by atoms with Crippen molar-refractivity contribution in [2.75, 3.05) is 7.11 Å². The van der Waals surface area contributed by atoms with E-state index in [1.165, 1.54) is 19.2 Å². The van der Waals surface area contributed by atoms with E-state index >= 15 is 0 Å². The molecule has 0 bridgehead atoms. The molecule has 1 N–H and O–H groups in total. The van der Waals surface area contributed by atoms with Gasteiger partial charge in [-0.2, -0.15) is 0 Å². The molecule has 1 aromatic heterocycles. The van der Waals surface area contributed by atoms with Gasteiger partial charge in [0.2, 0.25) is 0 Å². The average molecular weight is 225 g/mol. The van der Waals surface area contributed by atoms with E-state index in [0.717, 1.165) is 6.20 Å². The highest BCUT2D eigenvalue weighted by Crippen LogP contribution is 2.50. The molecule has 2 rings (SSSR count). The number of aliphatic hydroxyl groups excluding tert-OH is 1. The van der Waals surface area contributed by atoms with Crippen LogP contribution in [0.3, 0.4) is 0 Å². The second kappa shape index (κ2) is 3.83. The lowest BCUT2D eigenvalue weighted by molar-refractivity contribution is -0.152. The SMILES string of the molecule is COC(=O)C(O)C1(c2ccc(F)cn2)CC1. The molecule has 1 unspecified atom stereocenters. The number of aromatic nitrogens is 1. The number of hydrogen-bond donors (Lipinski definition) is 1. The summed E-state index contributed by atoms with van der Waals surface area (Å²) in [7, 11) is 1.22. The van der Waals surface area contributed by atoms with Crippen LogP contribution in [0.1, 0.15) is 18.5 Å². The summed E-state index contributed by atoms with van der Waals surface area (Å²) >= 11 is 0. The molecule has 0 spiro atoms. The van der Waals surface area contributed by atoms with Gasteiger partial charge in [0.15, 0.2) is 6.10 Å². The van der Waals surface area contributed by atoms with Crippen molar-refractivity contribution in [1.82, 2.24) is 4.98 Å². The van der Waals surface area contributed by atoms with Gasteiger partial charge >= 0.3 is 5.97 Å². The number of rotatable bonds is 3. The Morgan fingerprint density at radius 2 is 2.31 bits per heavy atom. The number of carbonyl (C=O) groups is 1. The largest absolute Gasteiger partial charge is 0.467 e. The van der Waals surface area contributed by atoms with Crippen LogP contribution in [0, 0.1) is 5.82 Å². The van der Waals surface area contributed by atoms with E-state index in [2.05, 4.69) is 9.72 Å². The topological polar surface area (TPSA) is 59.4 Å². The van der Waals surface area contributed by atoms with Crippen molar-refractivity contribution in [2.45, 2.75) is 24.4 Å². The molecule has 1 saturated carbocycles. The first-order chi connectivity index (χ1) is 7.60. The average Bonchev–Trinajstić information content (AvgIpc) is 3.09. The molecule has 0 radical (unpaired) electrons. The van der Waals surface area contributed by atoms with Crippen molar-refractivity contribution in [1.29, 1.82) is 0 Å². The molecule has 0 aromatic carbocycles. The van der Waals surface area contributed by atoms with Crippen LogP contribution in [0.5, 0.6) is 0 Å². The molecule has 5 heteroatoms. The van der Waals surface area contributed by atoms with Crippen molar-refractivity contribution >= 4 is 5.97 Å². The van der Waals surface area contributed by atoms with Crippen LogP contribution in [-0.2, 0) is 14.9 Å². The van der Waals surface area contributed by atoms with Gasteiger partial charge in [-0.3, -0.25) is 4.98 Å². The fraction of sp³-hybridized carbons (Fsp3) is 0.455. The maximum absolute atomic E-state index is 12.7. The van der Waals surface area contributed by atoms with Gasteiger partial charge in [-0.15, -0.1) is 0 Å². The standard InChI is InChI=1S/C11H12FNO3/c1-16-10(15)9(14)11(4-5-11)8-3-2-7(12)6-13-8/h2-3,6,9,14H,4-5H2,1H3. The Labute approximate surface area is 92.1 Å². The van der Waals surface area contributed by atoms with Gasteiger partial charge in [-0.25, -0.2) is 9.18 Å². The van der Waals surface area contributed by atoms with Crippen molar-refractivity contribution in [3.8, 4) is 0 Å². The third-order valence-corrected chi connectivity index (χ3v) is 2.97. The molecule has 0 amide bonds. The van der Waals surface area contributed by atoms with E-state index in [9.17, 15) is 14.3 Å². The first-order valence-electron chi connectivity index (χ1n) is 4.98. The van der Waals surface area contributed by atoms with Crippen LogP contribution in [0.25, 0.3) is 0 Å². The zero-order chi connectivity index (χ0) is 11.8. The number of carbonyl (C=O) groups excluding carboxylic acids is 1. The van der Waals surface area contributed by atoms with Gasteiger partial charge in [0.05, 0.1) is 13.3 Å². The highest BCUT2D eigenvalue weighted by atomic mass is 19.1. The number of hydrogen-bond acceptors (Lipinski definition) is 4. The molecule has 86 valence electrons. The summed E-state index contributed by atoms with van der Waals surface area (Å²) in [5.41, 5.74) is -0.146. The van der Waals surface area contributed by atoms with Crippen LogP contribution in [0.4, 0.5) is 4.39 Å². The predicted octanol–water partition coefficient (Wildman–Crippen LogP) is 0.786. The lowest BCUT2D eigenvalue weighted by Crippen LogP contribution is -2.35. The van der Waals surface area contributed by atoms with Crippen LogP contribution < -0.4 is 0 Å². The molecule has 1 atom stereocenters. The van der Waals surface area contributed by atoms with Gasteiger partial charge in [0.1, 0.15) is 5.82 Å². The van der Waals surface area contributed by atoms with Crippen molar-refractivity contribution in [3.63, 3.8) is 0 Å². The first kappa shape index (κ1) is 11.0. The summed E-state index contributed by atoms with van der Waals surface area (Å²) in [6.45, 7) is 0. The number of esters is 1. The van der Waals surface area contributed by atoms with Crippen LogP contribution in [0.15, 0.2) is 18.3 Å². The van der Waals surface area contributed by atoms with E-state index in [4.69, 9.17) is 0 Å². The maximum atomic E-state index is 12.7. The van der Waals surface area contributed by atoms with Crippen molar-refractivity contribution in [3.05, 3.63) is 29.8 Å². The number of pyridine rings is 1. The quantitative estimate of drug-likeness (QED) is 0.772. The maximum Gasteiger partial charge on any atom is 0.335 e. The molecule has 1 heterocycles. The second-order valence-corrected chi connectivity index (χ2v) is 3.94. The number of methoxy groups -OCH3 is 1. The van der Waals surface area contributed by atoms with Gasteiger partial charge in [0, 0.05) is 11.1 Å². The Hall–Kier alpha value is -1.49. The molecule has 16 heavy (non-hydrogen) atoms. The Bertz CT molecular complexity index is 400. The summed E-state index contributed by atoms with van der Waals surface area (Å²) in [5, 5.41) is 9.82. The number of ether oxygens (including phenoxy) is 1. The molecule has 4 nitrogen and oxygen atoms in total. The lowest BCUT2D eigenvalue weighted by atomic mass is 9.94. The summed E-state index contributed by atoms with van der Waals surface area (Å²) in [6.07, 6.45) is 1.17. The van der Waals surface area contributed by atoms with Crippen LogP contribution in [0.2, 0.25) is 0 Å². The molecular weight excluding hydrogens is 213 g/mol. The Morgan fingerprint density at radius 1 is 1.62 bits per heavy atom. The van der Waals surface area contributed by atoms with E-state index in [1.807, 2.05) is 0 Å². The lowest BCUT2D eigenvalue weighted by Gasteiger charge is -2.19.